The summed E-state index contributed by atoms with van der Waals surface area (Å²) in [5.74, 6) is -1.19. The molecule has 1 amide bonds. The van der Waals surface area contributed by atoms with E-state index in [0.29, 0.717) is 0 Å². The van der Waals surface area contributed by atoms with Crippen LogP contribution in [0, 0.1) is 5.82 Å². The molecule has 3 nitrogen and oxygen atoms in total. The van der Waals surface area contributed by atoms with E-state index in [1.165, 1.54) is 12.1 Å². The zero-order valence-corrected chi connectivity index (χ0v) is 10.0. The lowest BCUT2D eigenvalue weighted by Gasteiger charge is -2.10. The van der Waals surface area contributed by atoms with Gasteiger partial charge in [-0.15, -0.1) is 0 Å². The normalized spacial score (nSPS) is 12.6. The van der Waals surface area contributed by atoms with Crippen LogP contribution in [0.4, 0.5) is 13.2 Å². The van der Waals surface area contributed by atoms with Gasteiger partial charge in [-0.25, -0.2) is 13.2 Å². The molecule has 17 heavy (non-hydrogen) atoms. The van der Waals surface area contributed by atoms with E-state index in [1.54, 1.807) is 0 Å². The SMILES string of the molecule is O=C(NCC(O)C(F)F)c1ccc(F)c(Br)c1. The molecule has 94 valence electrons. The molecule has 2 N–H and O–H groups in total. The van der Waals surface area contributed by atoms with E-state index in [2.05, 4.69) is 21.2 Å². The molecular formula is C10H9BrF3NO2. The second-order valence-electron chi connectivity index (χ2n) is 3.24. The molecule has 0 radical (unpaired) electrons. The van der Waals surface area contributed by atoms with Gasteiger partial charge in [0.05, 0.1) is 4.47 Å². The van der Waals surface area contributed by atoms with Gasteiger partial charge in [0.1, 0.15) is 11.9 Å². The van der Waals surface area contributed by atoms with Crippen molar-refractivity contribution in [3.8, 4) is 0 Å². The molecule has 0 aliphatic rings. The average Bonchev–Trinajstić information content (AvgIpc) is 2.28. The van der Waals surface area contributed by atoms with E-state index in [1.807, 2.05) is 0 Å². The molecule has 0 aromatic heterocycles. The Morgan fingerprint density at radius 3 is 2.65 bits per heavy atom. The topological polar surface area (TPSA) is 49.3 Å². The van der Waals surface area contributed by atoms with E-state index in [0.717, 1.165) is 6.07 Å². The lowest BCUT2D eigenvalue weighted by molar-refractivity contribution is -0.00270. The number of alkyl halides is 2. The van der Waals surface area contributed by atoms with Gasteiger partial charge < -0.3 is 10.4 Å². The highest BCUT2D eigenvalue weighted by atomic mass is 79.9. The van der Waals surface area contributed by atoms with Crippen molar-refractivity contribution in [1.82, 2.24) is 5.32 Å². The van der Waals surface area contributed by atoms with Crippen LogP contribution in [0.25, 0.3) is 0 Å². The molecule has 1 rings (SSSR count). The summed E-state index contributed by atoms with van der Waals surface area (Å²) < 4.78 is 36.8. The van der Waals surface area contributed by atoms with Crippen molar-refractivity contribution in [2.75, 3.05) is 6.54 Å². The van der Waals surface area contributed by atoms with Crippen LogP contribution in [0.1, 0.15) is 10.4 Å². The third-order valence-electron chi connectivity index (χ3n) is 1.94. The van der Waals surface area contributed by atoms with E-state index in [9.17, 15) is 18.0 Å². The first-order valence-corrected chi connectivity index (χ1v) is 5.40. The predicted molar refractivity (Wildman–Crippen MR) is 58.4 cm³/mol. The molecule has 0 fully saturated rings. The van der Waals surface area contributed by atoms with Gasteiger partial charge >= 0.3 is 0 Å². The number of aliphatic hydroxyl groups is 1. The largest absolute Gasteiger partial charge is 0.385 e. The van der Waals surface area contributed by atoms with Crippen molar-refractivity contribution in [2.45, 2.75) is 12.5 Å². The third-order valence-corrected chi connectivity index (χ3v) is 2.55. The molecule has 7 heteroatoms. The maximum absolute atomic E-state index is 12.9. The Bertz CT molecular complexity index is 415. The Hall–Kier alpha value is -1.08. The Morgan fingerprint density at radius 2 is 2.12 bits per heavy atom. The van der Waals surface area contributed by atoms with Gasteiger partial charge in [-0.3, -0.25) is 4.79 Å². The van der Waals surface area contributed by atoms with Gasteiger partial charge in [0.2, 0.25) is 0 Å². The molecule has 0 aliphatic carbocycles. The average molecular weight is 312 g/mol. The van der Waals surface area contributed by atoms with Crippen LogP contribution in [-0.4, -0.2) is 30.1 Å². The van der Waals surface area contributed by atoms with Crippen LogP contribution in [0.5, 0.6) is 0 Å². The van der Waals surface area contributed by atoms with Crippen LogP contribution in [-0.2, 0) is 0 Å². The number of rotatable bonds is 4. The Kier molecular flexibility index (Phi) is 4.95. The van der Waals surface area contributed by atoms with Crippen molar-refractivity contribution < 1.29 is 23.1 Å². The van der Waals surface area contributed by atoms with Crippen LogP contribution in [0.2, 0.25) is 0 Å². The highest BCUT2D eigenvalue weighted by molar-refractivity contribution is 9.10. The van der Waals surface area contributed by atoms with Gasteiger partial charge in [0, 0.05) is 12.1 Å². The summed E-state index contributed by atoms with van der Waals surface area (Å²) in [4.78, 5) is 11.4. The quantitative estimate of drug-likeness (QED) is 0.893. The summed E-state index contributed by atoms with van der Waals surface area (Å²) in [5, 5.41) is 10.9. The fourth-order valence-corrected chi connectivity index (χ4v) is 1.40. The Balaban J connectivity index is 2.61. The molecule has 1 unspecified atom stereocenters. The van der Waals surface area contributed by atoms with Gasteiger partial charge in [-0.2, -0.15) is 0 Å². The maximum atomic E-state index is 12.9. The number of hydrogen-bond donors (Lipinski definition) is 2. The number of halogens is 4. The second kappa shape index (κ2) is 6.02. The predicted octanol–water partition coefficient (Wildman–Crippen LogP) is 1.94. The number of benzene rings is 1. The van der Waals surface area contributed by atoms with Crippen LogP contribution in [0.15, 0.2) is 22.7 Å². The zero-order valence-electron chi connectivity index (χ0n) is 8.46. The van der Waals surface area contributed by atoms with Crippen LogP contribution in [0.3, 0.4) is 0 Å². The molecule has 0 saturated heterocycles. The highest BCUT2D eigenvalue weighted by Crippen LogP contribution is 2.16. The lowest BCUT2D eigenvalue weighted by Crippen LogP contribution is -2.35. The van der Waals surface area contributed by atoms with Crippen molar-refractivity contribution in [2.24, 2.45) is 0 Å². The van der Waals surface area contributed by atoms with Crippen molar-refractivity contribution in [3.63, 3.8) is 0 Å². The highest BCUT2D eigenvalue weighted by Gasteiger charge is 2.18. The molecular weight excluding hydrogens is 303 g/mol. The Morgan fingerprint density at radius 1 is 1.47 bits per heavy atom. The van der Waals surface area contributed by atoms with Gasteiger partial charge in [-0.05, 0) is 34.1 Å². The van der Waals surface area contributed by atoms with Crippen molar-refractivity contribution >= 4 is 21.8 Å². The molecule has 0 aliphatic heterocycles. The summed E-state index contributed by atoms with van der Waals surface area (Å²) in [6, 6.07) is 3.51. The molecule has 0 spiro atoms. The van der Waals surface area contributed by atoms with E-state index in [-0.39, 0.29) is 10.0 Å². The Labute approximate surface area is 104 Å². The van der Waals surface area contributed by atoms with Gasteiger partial charge in [0.25, 0.3) is 12.3 Å². The number of nitrogens with one attached hydrogen (secondary N) is 1. The van der Waals surface area contributed by atoms with Crippen molar-refractivity contribution in [1.29, 1.82) is 0 Å². The standard InChI is InChI=1S/C10H9BrF3NO2/c11-6-3-5(1-2-7(6)12)10(17)15-4-8(16)9(13)14/h1-3,8-9,16H,4H2,(H,15,17). The number of amides is 1. The molecule has 0 heterocycles. The fourth-order valence-electron chi connectivity index (χ4n) is 1.03. The fraction of sp³-hybridized carbons (Fsp3) is 0.300. The first kappa shape index (κ1) is 14.0. The summed E-state index contributed by atoms with van der Waals surface area (Å²) in [5.41, 5.74) is 0.111. The summed E-state index contributed by atoms with van der Waals surface area (Å²) in [6.45, 7) is -0.564. The summed E-state index contributed by atoms with van der Waals surface area (Å²) in [6.07, 6.45) is -4.84. The van der Waals surface area contributed by atoms with E-state index < -0.39 is 30.8 Å². The minimum absolute atomic E-state index is 0.0968. The molecule has 1 aromatic rings. The molecule has 1 atom stereocenters. The van der Waals surface area contributed by atoms with E-state index in [4.69, 9.17) is 5.11 Å². The minimum atomic E-state index is -2.92. The number of carbonyl (C=O) groups excluding carboxylic acids is 1. The smallest absolute Gasteiger partial charge is 0.265 e. The monoisotopic (exact) mass is 311 g/mol. The molecule has 1 aromatic carbocycles. The number of aliphatic hydroxyl groups excluding tert-OH is 1. The van der Waals surface area contributed by atoms with Crippen LogP contribution < -0.4 is 5.32 Å². The number of hydrogen-bond acceptors (Lipinski definition) is 2. The maximum Gasteiger partial charge on any atom is 0.265 e. The zero-order chi connectivity index (χ0) is 13.0. The third kappa shape index (κ3) is 4.01. The summed E-state index contributed by atoms with van der Waals surface area (Å²) in [7, 11) is 0. The van der Waals surface area contributed by atoms with E-state index >= 15 is 0 Å². The first-order valence-electron chi connectivity index (χ1n) is 4.61. The van der Waals surface area contributed by atoms with Gasteiger partial charge in [0.15, 0.2) is 0 Å². The number of carbonyl (C=O) groups is 1. The van der Waals surface area contributed by atoms with Gasteiger partial charge in [-0.1, -0.05) is 0 Å². The molecule has 0 bridgehead atoms. The molecule has 0 saturated carbocycles. The minimum Gasteiger partial charge on any atom is -0.385 e. The van der Waals surface area contributed by atoms with Crippen molar-refractivity contribution in [3.05, 3.63) is 34.1 Å². The first-order chi connectivity index (χ1) is 7.91. The lowest BCUT2D eigenvalue weighted by atomic mass is 10.2. The summed E-state index contributed by atoms with van der Waals surface area (Å²) >= 11 is 2.89. The second-order valence-corrected chi connectivity index (χ2v) is 4.10. The van der Waals surface area contributed by atoms with Crippen LogP contribution >= 0.6 is 15.9 Å².